The first kappa shape index (κ1) is 54.1. The molecule has 2 aromatic carbocycles. The SMILES string of the molecule is CCCCCCCCCCOc1ccc(-c2ncc(CCC3CCC(CC)CC3)cn2)cc1.CCCCCCCCCCOc1ccc(-c2ncc(CCC3CCC(CCC)CC3)cn2)cc1. The van der Waals surface area contributed by atoms with Gasteiger partial charge in [-0.3, -0.25) is 0 Å². The second-order valence-electron chi connectivity index (χ2n) is 20.6. The van der Waals surface area contributed by atoms with Gasteiger partial charge in [0.25, 0.3) is 0 Å². The van der Waals surface area contributed by atoms with Gasteiger partial charge in [0.2, 0.25) is 0 Å². The Hall–Kier alpha value is -3.80. The van der Waals surface area contributed by atoms with Crippen molar-refractivity contribution >= 4 is 0 Å². The maximum Gasteiger partial charge on any atom is 0.159 e. The quantitative estimate of drug-likeness (QED) is 0.0469. The summed E-state index contributed by atoms with van der Waals surface area (Å²) in [5.41, 5.74) is 4.64. The first-order valence-corrected chi connectivity index (χ1v) is 28.1. The highest BCUT2D eigenvalue weighted by Crippen LogP contribution is 2.35. The van der Waals surface area contributed by atoms with Gasteiger partial charge in [0, 0.05) is 35.9 Å². The van der Waals surface area contributed by atoms with Crippen LogP contribution in [-0.4, -0.2) is 33.1 Å². The number of benzene rings is 2. The first-order valence-electron chi connectivity index (χ1n) is 28.1. The largest absolute Gasteiger partial charge is 0.494 e. The van der Waals surface area contributed by atoms with Gasteiger partial charge in [0.15, 0.2) is 11.6 Å². The average Bonchev–Trinajstić information content (AvgIpc) is 3.38. The molecule has 0 N–H and O–H groups in total. The summed E-state index contributed by atoms with van der Waals surface area (Å²) < 4.78 is 11.9. The van der Waals surface area contributed by atoms with Gasteiger partial charge in [-0.25, -0.2) is 19.9 Å². The molecule has 0 atom stereocenters. The van der Waals surface area contributed by atoms with Crippen LogP contribution in [0.25, 0.3) is 22.8 Å². The molecule has 0 saturated heterocycles. The summed E-state index contributed by atoms with van der Waals surface area (Å²) in [4.78, 5) is 18.6. The Labute approximate surface area is 410 Å². The van der Waals surface area contributed by atoms with E-state index >= 15 is 0 Å². The summed E-state index contributed by atoms with van der Waals surface area (Å²) in [6.45, 7) is 10.8. The molecule has 2 fully saturated rings. The molecular weight excluding hydrogens is 821 g/mol. The molecule has 0 amide bonds. The van der Waals surface area contributed by atoms with Gasteiger partial charge in [-0.05, 0) is 122 Å². The second-order valence-corrected chi connectivity index (χ2v) is 20.6. The molecule has 6 heteroatoms. The number of rotatable bonds is 31. The lowest BCUT2D eigenvalue weighted by Gasteiger charge is -2.28. The summed E-state index contributed by atoms with van der Waals surface area (Å²) in [6.07, 6.45) is 49.6. The zero-order valence-corrected chi connectivity index (χ0v) is 43.2. The van der Waals surface area contributed by atoms with Crippen molar-refractivity contribution in [3.05, 3.63) is 84.4 Å². The molecule has 6 nitrogen and oxygen atoms in total. The summed E-state index contributed by atoms with van der Waals surface area (Å²) >= 11 is 0. The van der Waals surface area contributed by atoms with E-state index in [9.17, 15) is 0 Å². The monoisotopic (exact) mass is 915 g/mol. The zero-order valence-electron chi connectivity index (χ0n) is 43.2. The predicted octanol–water partition coefficient (Wildman–Crippen LogP) is 18.0. The molecule has 2 aliphatic carbocycles. The third kappa shape index (κ3) is 22.0. The minimum Gasteiger partial charge on any atom is -0.494 e. The van der Waals surface area contributed by atoms with Crippen molar-refractivity contribution in [2.45, 2.75) is 227 Å². The predicted molar refractivity (Wildman–Crippen MR) is 284 cm³/mol. The number of unbranched alkanes of at least 4 members (excludes halogenated alkanes) is 14. The molecule has 2 saturated carbocycles. The van der Waals surface area contributed by atoms with Gasteiger partial charge in [-0.15, -0.1) is 0 Å². The van der Waals surface area contributed by atoms with Crippen molar-refractivity contribution in [3.8, 4) is 34.3 Å². The number of hydrogen-bond acceptors (Lipinski definition) is 6. The molecule has 2 heterocycles. The fourth-order valence-electron chi connectivity index (χ4n) is 10.4. The van der Waals surface area contributed by atoms with Crippen molar-refractivity contribution in [2.75, 3.05) is 13.2 Å². The molecule has 6 rings (SSSR count). The lowest BCUT2D eigenvalue weighted by atomic mass is 9.78. The van der Waals surface area contributed by atoms with Crippen molar-refractivity contribution < 1.29 is 9.47 Å². The van der Waals surface area contributed by atoms with Gasteiger partial charge in [0.05, 0.1) is 13.2 Å². The minimum absolute atomic E-state index is 0.803. The molecule has 0 bridgehead atoms. The molecule has 0 aliphatic heterocycles. The molecule has 370 valence electrons. The number of hydrogen-bond donors (Lipinski definition) is 0. The maximum atomic E-state index is 5.93. The standard InChI is InChI=1S/C31H48N2O.C30H46N2O/c1-3-5-6-7-8-9-10-11-23-34-30-21-19-29(20-22-30)31-32-24-28(25-33-31)18-17-27-15-13-26(12-4-2)14-16-27;1-3-5-6-7-8-9-10-11-22-33-29-20-18-28(19-21-29)30-31-23-27(24-32-30)17-16-26-14-12-25(4-2)13-15-26/h19-22,24-27H,3-18,23H2,1-2H3;18-21,23-26H,3-17,22H2,1-2H3. The Morgan fingerprint density at radius 1 is 0.373 bits per heavy atom. The minimum atomic E-state index is 0.803. The molecule has 2 aromatic heterocycles. The van der Waals surface area contributed by atoms with Crippen LogP contribution in [0.2, 0.25) is 0 Å². The summed E-state index contributed by atoms with van der Waals surface area (Å²) in [6, 6.07) is 16.5. The number of ether oxygens (including phenoxy) is 2. The first-order chi connectivity index (χ1) is 33.1. The topological polar surface area (TPSA) is 70.0 Å². The van der Waals surface area contributed by atoms with E-state index in [1.165, 1.54) is 184 Å². The van der Waals surface area contributed by atoms with E-state index in [-0.39, 0.29) is 0 Å². The van der Waals surface area contributed by atoms with E-state index in [0.717, 1.165) is 96.8 Å². The number of aromatic nitrogens is 4. The Morgan fingerprint density at radius 2 is 0.701 bits per heavy atom. The Balaban J connectivity index is 0.000000251. The maximum absolute atomic E-state index is 5.93. The average molecular weight is 915 g/mol. The van der Waals surface area contributed by atoms with Crippen LogP contribution in [0.4, 0.5) is 0 Å². The van der Waals surface area contributed by atoms with E-state index in [0.29, 0.717) is 0 Å². The lowest BCUT2D eigenvalue weighted by Crippen LogP contribution is -2.15. The fraction of sp³-hybridized carbons (Fsp3) is 0.672. The van der Waals surface area contributed by atoms with Crippen LogP contribution in [0.1, 0.15) is 225 Å². The van der Waals surface area contributed by atoms with Gasteiger partial charge in [0.1, 0.15) is 11.5 Å². The Morgan fingerprint density at radius 3 is 1.04 bits per heavy atom. The smallest absolute Gasteiger partial charge is 0.159 e. The molecule has 67 heavy (non-hydrogen) atoms. The fourth-order valence-corrected chi connectivity index (χ4v) is 10.4. The van der Waals surface area contributed by atoms with Crippen molar-refractivity contribution in [2.24, 2.45) is 23.7 Å². The highest BCUT2D eigenvalue weighted by atomic mass is 16.5. The van der Waals surface area contributed by atoms with Gasteiger partial charge in [-0.1, -0.05) is 188 Å². The van der Waals surface area contributed by atoms with E-state index in [1.54, 1.807) is 0 Å². The Bertz CT molecular complexity index is 1780. The van der Waals surface area contributed by atoms with Crippen LogP contribution in [0.15, 0.2) is 73.3 Å². The van der Waals surface area contributed by atoms with Crippen molar-refractivity contribution in [1.29, 1.82) is 0 Å². The molecular formula is C61H94N4O2. The summed E-state index contributed by atoms with van der Waals surface area (Å²) in [7, 11) is 0. The zero-order chi connectivity index (χ0) is 47.0. The van der Waals surface area contributed by atoms with Crippen molar-refractivity contribution in [1.82, 2.24) is 19.9 Å². The summed E-state index contributed by atoms with van der Waals surface area (Å²) in [5, 5.41) is 0. The van der Waals surface area contributed by atoms with Gasteiger partial charge in [-0.2, -0.15) is 0 Å². The van der Waals surface area contributed by atoms with Crippen LogP contribution in [0.3, 0.4) is 0 Å². The normalized spacial score (nSPS) is 18.3. The number of nitrogens with zero attached hydrogens (tertiary/aromatic N) is 4. The third-order valence-corrected chi connectivity index (χ3v) is 15.1. The third-order valence-electron chi connectivity index (χ3n) is 15.1. The van der Waals surface area contributed by atoms with E-state index in [4.69, 9.17) is 9.47 Å². The van der Waals surface area contributed by atoms with Crippen LogP contribution >= 0.6 is 0 Å². The van der Waals surface area contributed by atoms with Crippen LogP contribution in [0, 0.1) is 23.7 Å². The molecule has 0 unspecified atom stereocenters. The Kier molecular flexibility index (Phi) is 27.2. The van der Waals surface area contributed by atoms with E-state index < -0.39 is 0 Å². The van der Waals surface area contributed by atoms with E-state index in [2.05, 4.69) is 71.9 Å². The molecule has 0 spiro atoms. The molecule has 4 aromatic rings. The number of aryl methyl sites for hydroxylation is 2. The van der Waals surface area contributed by atoms with Crippen molar-refractivity contribution in [3.63, 3.8) is 0 Å². The summed E-state index contributed by atoms with van der Waals surface area (Å²) in [5.74, 6) is 7.25. The van der Waals surface area contributed by atoms with Gasteiger partial charge < -0.3 is 9.47 Å². The molecule has 2 aliphatic rings. The highest BCUT2D eigenvalue weighted by molar-refractivity contribution is 5.56. The van der Waals surface area contributed by atoms with E-state index in [1.807, 2.05) is 49.1 Å². The molecule has 0 radical (unpaired) electrons. The van der Waals surface area contributed by atoms with Crippen LogP contribution in [-0.2, 0) is 12.8 Å². The van der Waals surface area contributed by atoms with Crippen LogP contribution in [0.5, 0.6) is 11.5 Å². The highest BCUT2D eigenvalue weighted by Gasteiger charge is 2.21. The van der Waals surface area contributed by atoms with Gasteiger partial charge >= 0.3 is 0 Å². The lowest BCUT2D eigenvalue weighted by molar-refractivity contribution is 0.252. The van der Waals surface area contributed by atoms with Crippen LogP contribution < -0.4 is 9.47 Å². The second kappa shape index (κ2) is 33.7.